The van der Waals surface area contributed by atoms with Crippen LogP contribution in [0.2, 0.25) is 0 Å². The van der Waals surface area contributed by atoms with Crippen molar-refractivity contribution in [3.63, 3.8) is 0 Å². The molecule has 5 nitrogen and oxygen atoms in total. The number of rotatable bonds is 5. The second-order valence-electron chi connectivity index (χ2n) is 6.02. The molecule has 122 valence electrons. The molecule has 1 N–H and O–H groups in total. The third-order valence-corrected chi connectivity index (χ3v) is 4.40. The molecule has 5 heteroatoms. The third-order valence-electron chi connectivity index (χ3n) is 4.40. The molecule has 4 rings (SSSR count). The van der Waals surface area contributed by atoms with Crippen molar-refractivity contribution in [3.8, 4) is 5.75 Å². The average molecular weight is 321 g/mol. The van der Waals surface area contributed by atoms with Gasteiger partial charge in [-0.2, -0.15) is 0 Å². The van der Waals surface area contributed by atoms with E-state index in [1.807, 2.05) is 35.0 Å². The zero-order valence-electron chi connectivity index (χ0n) is 13.3. The molecule has 1 aliphatic rings. The zero-order valence-corrected chi connectivity index (χ0v) is 13.3. The molecule has 0 saturated carbocycles. The van der Waals surface area contributed by atoms with Gasteiger partial charge in [0.2, 0.25) is 0 Å². The number of hydrogen-bond donors (Lipinski definition) is 1. The number of ether oxygens (including phenoxy) is 1. The van der Waals surface area contributed by atoms with Crippen LogP contribution in [0.5, 0.6) is 5.75 Å². The summed E-state index contributed by atoms with van der Waals surface area (Å²) in [6.07, 6.45) is 6.52. The summed E-state index contributed by atoms with van der Waals surface area (Å²) < 4.78 is 7.85. The number of aromatic nitrogens is 2. The fourth-order valence-electron chi connectivity index (χ4n) is 3.17. The molecule has 1 atom stereocenters. The number of fused-ring (bicyclic) bond motifs is 3. The van der Waals surface area contributed by atoms with Crippen LogP contribution < -0.4 is 10.1 Å². The Morgan fingerprint density at radius 3 is 3.08 bits per heavy atom. The van der Waals surface area contributed by atoms with Gasteiger partial charge < -0.3 is 14.6 Å². The van der Waals surface area contributed by atoms with E-state index in [0.29, 0.717) is 13.0 Å². The summed E-state index contributed by atoms with van der Waals surface area (Å²) in [7, 11) is 0. The van der Waals surface area contributed by atoms with Crippen LogP contribution in [0.15, 0.2) is 55.1 Å². The molecule has 3 aromatic rings. The van der Waals surface area contributed by atoms with Crippen LogP contribution in [-0.4, -0.2) is 28.1 Å². The summed E-state index contributed by atoms with van der Waals surface area (Å²) in [6.45, 7) is 1.48. The van der Waals surface area contributed by atoms with Gasteiger partial charge in [0, 0.05) is 37.5 Å². The van der Waals surface area contributed by atoms with Crippen LogP contribution in [0.1, 0.15) is 12.0 Å². The minimum Gasteiger partial charge on any atom is -0.480 e. The van der Waals surface area contributed by atoms with E-state index in [9.17, 15) is 4.79 Å². The Morgan fingerprint density at radius 2 is 2.21 bits per heavy atom. The minimum atomic E-state index is -0.431. The predicted octanol–water partition coefficient (Wildman–Crippen LogP) is 2.55. The topological polar surface area (TPSA) is 56.2 Å². The lowest BCUT2D eigenvalue weighted by molar-refractivity contribution is -0.127. The zero-order chi connectivity index (χ0) is 16.4. The molecule has 2 heterocycles. The number of benzene rings is 2. The Hall–Kier alpha value is -2.82. The lowest BCUT2D eigenvalue weighted by Gasteiger charge is -2.11. The van der Waals surface area contributed by atoms with Crippen molar-refractivity contribution in [3.05, 3.63) is 60.7 Å². The standard InChI is InChI=1S/C19H19N3O2/c23-19(21-8-3-10-22-11-9-20-13-22)18-12-16-15-5-2-1-4-14(15)6-7-17(16)24-18/h1-2,4-7,9,11,13,18H,3,8,10,12H2,(H,21,23)/t18-/m0/s1. The Morgan fingerprint density at radius 1 is 1.29 bits per heavy atom. The first-order chi connectivity index (χ1) is 11.8. The molecule has 1 amide bonds. The van der Waals surface area contributed by atoms with Crippen LogP contribution >= 0.6 is 0 Å². The van der Waals surface area contributed by atoms with E-state index >= 15 is 0 Å². The van der Waals surface area contributed by atoms with Crippen molar-refractivity contribution in [2.24, 2.45) is 0 Å². The highest BCUT2D eigenvalue weighted by atomic mass is 16.5. The van der Waals surface area contributed by atoms with Crippen LogP contribution in [-0.2, 0) is 17.8 Å². The lowest BCUT2D eigenvalue weighted by Crippen LogP contribution is -2.38. The van der Waals surface area contributed by atoms with Gasteiger partial charge in [-0.25, -0.2) is 4.98 Å². The summed E-state index contributed by atoms with van der Waals surface area (Å²) in [4.78, 5) is 16.4. The highest BCUT2D eigenvalue weighted by molar-refractivity contribution is 5.90. The first kappa shape index (κ1) is 14.8. The molecule has 24 heavy (non-hydrogen) atoms. The molecule has 0 aliphatic carbocycles. The molecular weight excluding hydrogens is 302 g/mol. The second-order valence-corrected chi connectivity index (χ2v) is 6.02. The fraction of sp³-hybridized carbons (Fsp3) is 0.263. The van der Waals surface area contributed by atoms with E-state index in [0.717, 1.165) is 24.3 Å². The van der Waals surface area contributed by atoms with E-state index in [-0.39, 0.29) is 5.91 Å². The molecule has 0 bridgehead atoms. The molecule has 2 aromatic carbocycles. The van der Waals surface area contributed by atoms with Crippen molar-refractivity contribution in [2.45, 2.75) is 25.5 Å². The quantitative estimate of drug-likeness (QED) is 0.735. The van der Waals surface area contributed by atoms with Crippen LogP contribution in [0.4, 0.5) is 0 Å². The van der Waals surface area contributed by atoms with Crippen molar-refractivity contribution in [1.29, 1.82) is 0 Å². The smallest absolute Gasteiger partial charge is 0.261 e. The van der Waals surface area contributed by atoms with E-state index in [1.165, 1.54) is 10.8 Å². The van der Waals surface area contributed by atoms with E-state index in [2.05, 4.69) is 22.4 Å². The van der Waals surface area contributed by atoms with E-state index in [1.54, 1.807) is 12.5 Å². The maximum atomic E-state index is 12.4. The Labute approximate surface area is 140 Å². The molecule has 0 unspecified atom stereocenters. The van der Waals surface area contributed by atoms with Crippen molar-refractivity contribution >= 4 is 16.7 Å². The monoisotopic (exact) mass is 321 g/mol. The van der Waals surface area contributed by atoms with Crippen LogP contribution in [0.3, 0.4) is 0 Å². The molecular formula is C19H19N3O2. The predicted molar refractivity (Wildman–Crippen MR) is 91.9 cm³/mol. The first-order valence-electron chi connectivity index (χ1n) is 8.22. The molecule has 1 aliphatic heterocycles. The minimum absolute atomic E-state index is 0.0408. The maximum Gasteiger partial charge on any atom is 0.261 e. The van der Waals surface area contributed by atoms with E-state index < -0.39 is 6.10 Å². The maximum absolute atomic E-state index is 12.4. The van der Waals surface area contributed by atoms with Crippen LogP contribution in [0.25, 0.3) is 10.8 Å². The van der Waals surface area contributed by atoms with Gasteiger partial charge >= 0.3 is 0 Å². The number of nitrogens with one attached hydrogen (secondary N) is 1. The number of amides is 1. The van der Waals surface area contributed by atoms with Gasteiger partial charge in [0.15, 0.2) is 6.10 Å². The molecule has 0 spiro atoms. The lowest BCUT2D eigenvalue weighted by atomic mass is 10.0. The summed E-state index contributed by atoms with van der Waals surface area (Å²) in [5.41, 5.74) is 1.13. The number of carbonyl (C=O) groups is 1. The summed E-state index contributed by atoms with van der Waals surface area (Å²) in [5, 5.41) is 5.33. The van der Waals surface area contributed by atoms with Gasteiger partial charge in [-0.15, -0.1) is 0 Å². The van der Waals surface area contributed by atoms with Crippen molar-refractivity contribution in [1.82, 2.24) is 14.9 Å². The van der Waals surface area contributed by atoms with Gasteiger partial charge in [0.1, 0.15) is 5.75 Å². The Bertz CT molecular complexity index is 858. The SMILES string of the molecule is O=C(NCCCn1ccnc1)[C@@H]1Cc2c(ccc3ccccc23)O1. The first-order valence-corrected chi connectivity index (χ1v) is 8.22. The molecule has 0 saturated heterocycles. The number of nitrogens with zero attached hydrogens (tertiary/aromatic N) is 2. The van der Waals surface area contributed by atoms with Gasteiger partial charge in [-0.1, -0.05) is 30.3 Å². The fourth-order valence-corrected chi connectivity index (χ4v) is 3.17. The number of carbonyl (C=O) groups excluding carboxylic acids is 1. The van der Waals surface area contributed by atoms with Gasteiger partial charge in [0.05, 0.1) is 6.33 Å². The van der Waals surface area contributed by atoms with Crippen molar-refractivity contribution in [2.75, 3.05) is 6.54 Å². The average Bonchev–Trinajstić information content (AvgIpc) is 3.28. The number of aryl methyl sites for hydroxylation is 1. The van der Waals surface area contributed by atoms with Gasteiger partial charge in [-0.05, 0) is 23.3 Å². The summed E-state index contributed by atoms with van der Waals surface area (Å²) in [5.74, 6) is 0.785. The second kappa shape index (κ2) is 6.35. The Kier molecular flexibility index (Phi) is 3.91. The molecule has 0 fully saturated rings. The largest absolute Gasteiger partial charge is 0.480 e. The molecule has 1 aromatic heterocycles. The molecule has 0 radical (unpaired) electrons. The summed E-state index contributed by atoms with van der Waals surface area (Å²) in [6, 6.07) is 12.2. The van der Waals surface area contributed by atoms with Crippen molar-refractivity contribution < 1.29 is 9.53 Å². The number of hydrogen-bond acceptors (Lipinski definition) is 3. The van der Waals surface area contributed by atoms with E-state index in [4.69, 9.17) is 4.74 Å². The van der Waals surface area contributed by atoms with Gasteiger partial charge in [-0.3, -0.25) is 4.79 Å². The Balaban J connectivity index is 1.35. The van der Waals surface area contributed by atoms with Gasteiger partial charge in [0.25, 0.3) is 5.91 Å². The highest BCUT2D eigenvalue weighted by Crippen LogP contribution is 2.34. The van der Waals surface area contributed by atoms with Crippen LogP contribution in [0, 0.1) is 0 Å². The summed E-state index contributed by atoms with van der Waals surface area (Å²) >= 11 is 0. The number of imidazole rings is 1. The third kappa shape index (κ3) is 2.85. The highest BCUT2D eigenvalue weighted by Gasteiger charge is 2.29. The normalized spacial score (nSPS) is 15.9.